The molecule has 0 saturated carbocycles. The Labute approximate surface area is 130 Å². The van der Waals surface area contributed by atoms with Crippen molar-refractivity contribution in [2.45, 2.75) is 32.2 Å². The summed E-state index contributed by atoms with van der Waals surface area (Å²) in [6.07, 6.45) is 3.25. The number of carbonyl (C=O) groups excluding carboxylic acids is 1. The lowest BCUT2D eigenvalue weighted by Crippen LogP contribution is -2.29. The minimum atomic E-state index is -0.940. The van der Waals surface area contributed by atoms with E-state index in [0.29, 0.717) is 4.88 Å². The molecule has 5 nitrogen and oxygen atoms in total. The van der Waals surface area contributed by atoms with Crippen LogP contribution in [0.4, 0.5) is 0 Å². The van der Waals surface area contributed by atoms with Gasteiger partial charge < -0.3 is 10.4 Å². The molecule has 0 radical (unpaired) electrons. The second kappa shape index (κ2) is 7.33. The van der Waals surface area contributed by atoms with Gasteiger partial charge in [0.15, 0.2) is 0 Å². The molecule has 0 fully saturated rings. The van der Waals surface area contributed by atoms with Gasteiger partial charge in [0.1, 0.15) is 4.88 Å². The Morgan fingerprint density at radius 3 is 2.90 bits per heavy atom. The van der Waals surface area contributed by atoms with Gasteiger partial charge in [-0.15, -0.1) is 22.7 Å². The number of carboxylic acids is 1. The van der Waals surface area contributed by atoms with Crippen molar-refractivity contribution in [2.24, 2.45) is 0 Å². The van der Waals surface area contributed by atoms with Gasteiger partial charge in [0.05, 0.1) is 23.7 Å². The zero-order chi connectivity index (χ0) is 15.2. The van der Waals surface area contributed by atoms with Crippen LogP contribution in [0.1, 0.15) is 45.4 Å². The van der Waals surface area contributed by atoms with Gasteiger partial charge in [-0.25, -0.2) is 4.98 Å². The number of carboxylic acid groups (broad SMARTS) is 1. The van der Waals surface area contributed by atoms with E-state index in [-0.39, 0.29) is 12.3 Å². The SMILES string of the molecule is CCCc1ncc(C(=O)N[C@@H](CC(=O)O)c2cccs2)s1. The topological polar surface area (TPSA) is 79.3 Å². The summed E-state index contributed by atoms with van der Waals surface area (Å²) in [5, 5.41) is 14.6. The number of thiazole rings is 1. The Balaban J connectivity index is 2.08. The van der Waals surface area contributed by atoms with E-state index in [1.807, 2.05) is 17.5 Å². The molecular formula is C14H16N2O3S2. The Hall–Kier alpha value is -1.73. The Morgan fingerprint density at radius 1 is 1.48 bits per heavy atom. The zero-order valence-electron chi connectivity index (χ0n) is 11.5. The highest BCUT2D eigenvalue weighted by atomic mass is 32.1. The predicted octanol–water partition coefficient (Wildman–Crippen LogP) is 3.10. The maximum absolute atomic E-state index is 12.2. The first kappa shape index (κ1) is 15.7. The summed E-state index contributed by atoms with van der Waals surface area (Å²) < 4.78 is 0. The number of rotatable bonds is 7. The summed E-state index contributed by atoms with van der Waals surface area (Å²) in [5.41, 5.74) is 0. The van der Waals surface area contributed by atoms with E-state index < -0.39 is 12.0 Å². The molecule has 21 heavy (non-hydrogen) atoms. The first-order valence-electron chi connectivity index (χ1n) is 6.61. The van der Waals surface area contributed by atoms with Crippen molar-refractivity contribution in [3.05, 3.63) is 38.5 Å². The van der Waals surface area contributed by atoms with E-state index in [4.69, 9.17) is 5.11 Å². The van der Waals surface area contributed by atoms with Crippen LogP contribution >= 0.6 is 22.7 Å². The first-order valence-corrected chi connectivity index (χ1v) is 8.30. The Bertz CT molecular complexity index is 608. The normalized spacial score (nSPS) is 12.0. The lowest BCUT2D eigenvalue weighted by molar-refractivity contribution is -0.137. The van der Waals surface area contributed by atoms with Gasteiger partial charge in [0.25, 0.3) is 5.91 Å². The number of aryl methyl sites for hydroxylation is 1. The van der Waals surface area contributed by atoms with Gasteiger partial charge in [-0.2, -0.15) is 0 Å². The third-order valence-electron chi connectivity index (χ3n) is 2.81. The molecule has 112 valence electrons. The second-order valence-electron chi connectivity index (χ2n) is 4.51. The number of carbonyl (C=O) groups is 2. The van der Waals surface area contributed by atoms with E-state index in [0.717, 1.165) is 22.7 Å². The molecule has 2 aromatic rings. The fraction of sp³-hybridized carbons (Fsp3) is 0.357. The number of aliphatic carboxylic acids is 1. The van der Waals surface area contributed by atoms with Crippen molar-refractivity contribution in [2.75, 3.05) is 0 Å². The summed E-state index contributed by atoms with van der Waals surface area (Å²) >= 11 is 2.79. The molecule has 0 bridgehead atoms. The highest BCUT2D eigenvalue weighted by Gasteiger charge is 2.20. The summed E-state index contributed by atoms with van der Waals surface area (Å²) in [6.45, 7) is 2.06. The van der Waals surface area contributed by atoms with Crippen LogP contribution in [0.25, 0.3) is 0 Å². The maximum atomic E-state index is 12.2. The van der Waals surface area contributed by atoms with Crippen LogP contribution in [0.3, 0.4) is 0 Å². The van der Waals surface area contributed by atoms with Crippen molar-refractivity contribution in [3.63, 3.8) is 0 Å². The Morgan fingerprint density at radius 2 is 2.29 bits per heavy atom. The van der Waals surface area contributed by atoms with Crippen LogP contribution in [-0.2, 0) is 11.2 Å². The van der Waals surface area contributed by atoms with Crippen molar-refractivity contribution in [1.29, 1.82) is 0 Å². The molecule has 0 aliphatic rings. The number of amides is 1. The fourth-order valence-electron chi connectivity index (χ4n) is 1.86. The lowest BCUT2D eigenvalue weighted by Gasteiger charge is -2.14. The van der Waals surface area contributed by atoms with Crippen molar-refractivity contribution in [3.8, 4) is 0 Å². The molecule has 0 spiro atoms. The lowest BCUT2D eigenvalue weighted by atomic mass is 10.1. The summed E-state index contributed by atoms with van der Waals surface area (Å²) in [5.74, 6) is -1.21. The molecular weight excluding hydrogens is 308 g/mol. The highest BCUT2D eigenvalue weighted by Crippen LogP contribution is 2.23. The molecule has 0 saturated heterocycles. The minimum absolute atomic E-state index is 0.132. The second-order valence-corrected chi connectivity index (χ2v) is 6.60. The maximum Gasteiger partial charge on any atom is 0.305 e. The highest BCUT2D eigenvalue weighted by molar-refractivity contribution is 7.13. The third-order valence-corrected chi connectivity index (χ3v) is 4.85. The van der Waals surface area contributed by atoms with Gasteiger partial charge >= 0.3 is 5.97 Å². The largest absolute Gasteiger partial charge is 0.481 e. The van der Waals surface area contributed by atoms with Crippen LogP contribution in [0.15, 0.2) is 23.7 Å². The van der Waals surface area contributed by atoms with E-state index in [1.54, 1.807) is 6.20 Å². The van der Waals surface area contributed by atoms with Crippen LogP contribution in [-0.4, -0.2) is 22.0 Å². The third kappa shape index (κ3) is 4.37. The molecule has 0 aromatic carbocycles. The fourth-order valence-corrected chi connectivity index (χ4v) is 3.56. The molecule has 0 unspecified atom stereocenters. The van der Waals surface area contributed by atoms with Gasteiger partial charge in [0.2, 0.25) is 0 Å². The summed E-state index contributed by atoms with van der Waals surface area (Å²) in [7, 11) is 0. The Kier molecular flexibility index (Phi) is 5.46. The predicted molar refractivity (Wildman–Crippen MR) is 82.9 cm³/mol. The molecule has 2 aromatic heterocycles. The van der Waals surface area contributed by atoms with Gasteiger partial charge in [-0.3, -0.25) is 9.59 Å². The van der Waals surface area contributed by atoms with Crippen LogP contribution < -0.4 is 5.32 Å². The average Bonchev–Trinajstić information content (AvgIpc) is 3.09. The smallest absolute Gasteiger partial charge is 0.305 e. The molecule has 1 amide bonds. The monoisotopic (exact) mass is 324 g/mol. The van der Waals surface area contributed by atoms with E-state index in [9.17, 15) is 9.59 Å². The number of thiophene rings is 1. The zero-order valence-corrected chi connectivity index (χ0v) is 13.2. The number of hydrogen-bond acceptors (Lipinski definition) is 5. The number of hydrogen-bond donors (Lipinski definition) is 2. The van der Waals surface area contributed by atoms with Crippen molar-refractivity contribution < 1.29 is 14.7 Å². The van der Waals surface area contributed by atoms with Crippen LogP contribution in [0, 0.1) is 0 Å². The average molecular weight is 324 g/mol. The standard InChI is InChI=1S/C14H16N2O3S2/c1-2-4-12-15-8-11(21-12)14(19)16-9(7-13(17)18)10-5-3-6-20-10/h3,5-6,8-9H,2,4,7H2,1H3,(H,16,19)(H,17,18)/t9-/m0/s1. The number of aromatic nitrogens is 1. The summed E-state index contributed by atoms with van der Waals surface area (Å²) in [6, 6.07) is 3.16. The molecule has 0 aliphatic carbocycles. The van der Waals surface area contributed by atoms with Crippen LogP contribution in [0.5, 0.6) is 0 Å². The van der Waals surface area contributed by atoms with Gasteiger partial charge in [-0.1, -0.05) is 13.0 Å². The van der Waals surface area contributed by atoms with E-state index in [2.05, 4.69) is 17.2 Å². The van der Waals surface area contributed by atoms with E-state index >= 15 is 0 Å². The molecule has 1 atom stereocenters. The molecule has 0 aliphatic heterocycles. The van der Waals surface area contributed by atoms with Gasteiger partial charge in [-0.05, 0) is 24.3 Å². The van der Waals surface area contributed by atoms with E-state index in [1.165, 1.54) is 22.7 Å². The number of nitrogens with zero attached hydrogens (tertiary/aromatic N) is 1. The van der Waals surface area contributed by atoms with Crippen molar-refractivity contribution in [1.82, 2.24) is 10.3 Å². The quantitative estimate of drug-likeness (QED) is 0.820. The molecule has 2 N–H and O–H groups in total. The number of nitrogens with one attached hydrogen (secondary N) is 1. The molecule has 2 heterocycles. The van der Waals surface area contributed by atoms with Crippen molar-refractivity contribution >= 4 is 34.6 Å². The first-order chi connectivity index (χ1) is 10.1. The minimum Gasteiger partial charge on any atom is -0.481 e. The van der Waals surface area contributed by atoms with Gasteiger partial charge in [0, 0.05) is 4.88 Å². The summed E-state index contributed by atoms with van der Waals surface area (Å²) in [4.78, 5) is 28.7. The van der Waals surface area contributed by atoms with Crippen LogP contribution in [0.2, 0.25) is 0 Å². The molecule has 2 rings (SSSR count). The molecule has 7 heteroatoms.